The van der Waals surface area contributed by atoms with E-state index in [0.29, 0.717) is 34.1 Å². The average molecular weight is 400 g/mol. The molecule has 0 radical (unpaired) electrons. The Bertz CT molecular complexity index is 1090. The van der Waals surface area contributed by atoms with Gasteiger partial charge in [0, 0.05) is 11.1 Å². The summed E-state index contributed by atoms with van der Waals surface area (Å²) in [5.41, 5.74) is 2.35. The highest BCUT2D eigenvalue weighted by atomic mass is 16.7. The van der Waals surface area contributed by atoms with E-state index in [-0.39, 0.29) is 25.2 Å². The fourth-order valence-corrected chi connectivity index (χ4v) is 3.26. The Labute approximate surface area is 172 Å². The van der Waals surface area contributed by atoms with Crippen molar-refractivity contribution in [1.29, 1.82) is 0 Å². The molecule has 30 heavy (non-hydrogen) atoms. The third kappa shape index (κ3) is 3.51. The van der Waals surface area contributed by atoms with Gasteiger partial charge in [-0.3, -0.25) is 9.59 Å². The first kappa shape index (κ1) is 18.0. The monoisotopic (exact) mass is 400 g/mol. The summed E-state index contributed by atoms with van der Waals surface area (Å²) in [6.45, 7) is 0.405. The van der Waals surface area contributed by atoms with Crippen molar-refractivity contribution in [2.45, 2.75) is 0 Å². The SMILES string of the molecule is O=C1C=C(/C=C/c2ccc3c(c2)OCO3)C(=O)C=C1/C=C/c1ccc2c(c1)OCO2. The van der Waals surface area contributed by atoms with Crippen LogP contribution in [0, 0.1) is 0 Å². The summed E-state index contributed by atoms with van der Waals surface area (Å²) in [5, 5.41) is 0. The fraction of sp³-hybridized carbons (Fsp3) is 0.0833. The first-order chi connectivity index (χ1) is 14.7. The lowest BCUT2D eigenvalue weighted by Gasteiger charge is -2.07. The van der Waals surface area contributed by atoms with Crippen molar-refractivity contribution in [2.75, 3.05) is 13.6 Å². The second-order valence-electron chi connectivity index (χ2n) is 6.82. The molecule has 148 valence electrons. The number of hydrogen-bond donors (Lipinski definition) is 0. The predicted octanol–water partition coefficient (Wildman–Crippen LogP) is 3.88. The number of hydrogen-bond acceptors (Lipinski definition) is 6. The Morgan fingerprint density at radius 2 is 1.00 bits per heavy atom. The van der Waals surface area contributed by atoms with E-state index in [0.717, 1.165) is 11.1 Å². The summed E-state index contributed by atoms with van der Waals surface area (Å²) in [5.74, 6) is 2.25. The molecular weight excluding hydrogens is 384 g/mol. The zero-order valence-electron chi connectivity index (χ0n) is 15.8. The predicted molar refractivity (Wildman–Crippen MR) is 109 cm³/mol. The fourth-order valence-electron chi connectivity index (χ4n) is 3.26. The molecule has 5 rings (SSSR count). The molecule has 2 aromatic carbocycles. The molecule has 2 aliphatic heterocycles. The van der Waals surface area contributed by atoms with Crippen molar-refractivity contribution >= 4 is 23.7 Å². The number of fused-ring (bicyclic) bond motifs is 2. The molecule has 0 N–H and O–H groups in total. The van der Waals surface area contributed by atoms with Gasteiger partial charge < -0.3 is 18.9 Å². The van der Waals surface area contributed by atoms with Crippen LogP contribution in [0.3, 0.4) is 0 Å². The van der Waals surface area contributed by atoms with Crippen LogP contribution in [-0.4, -0.2) is 25.2 Å². The standard InChI is InChI=1S/C24H16O6/c25-19-12-18(6-2-16-4-8-22-24(10-16)30-14-28-22)20(26)11-17(19)5-1-15-3-7-21-23(9-15)29-13-27-21/h1-12H,13-14H2/b5-1+,6-2+. The topological polar surface area (TPSA) is 71.1 Å². The van der Waals surface area contributed by atoms with Crippen LogP contribution in [0.5, 0.6) is 23.0 Å². The number of rotatable bonds is 4. The van der Waals surface area contributed by atoms with Crippen LogP contribution in [0.4, 0.5) is 0 Å². The number of carbonyl (C=O) groups is 2. The van der Waals surface area contributed by atoms with E-state index in [1.807, 2.05) is 36.4 Å². The Hall–Kier alpha value is -4.06. The second kappa shape index (κ2) is 7.40. The molecule has 3 aliphatic rings. The summed E-state index contributed by atoms with van der Waals surface area (Å²) in [7, 11) is 0. The molecule has 2 aromatic rings. The molecule has 0 saturated heterocycles. The summed E-state index contributed by atoms with van der Waals surface area (Å²) in [4.78, 5) is 24.9. The molecule has 0 unspecified atom stereocenters. The Morgan fingerprint density at radius 3 is 1.47 bits per heavy atom. The summed E-state index contributed by atoms with van der Waals surface area (Å²) < 4.78 is 21.3. The van der Waals surface area contributed by atoms with E-state index < -0.39 is 0 Å². The molecule has 6 nitrogen and oxygen atoms in total. The van der Waals surface area contributed by atoms with Gasteiger partial charge in [-0.05, 0) is 47.5 Å². The van der Waals surface area contributed by atoms with Gasteiger partial charge in [0.05, 0.1) is 0 Å². The number of ether oxygens (including phenoxy) is 4. The van der Waals surface area contributed by atoms with Gasteiger partial charge in [-0.25, -0.2) is 0 Å². The van der Waals surface area contributed by atoms with Gasteiger partial charge in [0.2, 0.25) is 13.6 Å². The minimum absolute atomic E-state index is 0.202. The normalized spacial score (nSPS) is 17.1. The third-order valence-electron chi connectivity index (χ3n) is 4.85. The van der Waals surface area contributed by atoms with E-state index in [1.54, 1.807) is 24.3 Å². The Morgan fingerprint density at radius 1 is 0.567 bits per heavy atom. The van der Waals surface area contributed by atoms with E-state index in [9.17, 15) is 9.59 Å². The molecule has 0 bridgehead atoms. The van der Waals surface area contributed by atoms with Crippen molar-refractivity contribution in [3.63, 3.8) is 0 Å². The van der Waals surface area contributed by atoms with Gasteiger partial charge in [-0.2, -0.15) is 0 Å². The Kier molecular flexibility index (Phi) is 4.44. The number of carbonyl (C=O) groups excluding carboxylic acids is 2. The Balaban J connectivity index is 1.30. The summed E-state index contributed by atoms with van der Waals surface area (Å²) in [6, 6.07) is 11.0. The number of allylic oxidation sites excluding steroid dienone is 6. The molecule has 2 heterocycles. The maximum absolute atomic E-state index is 12.5. The van der Waals surface area contributed by atoms with Crippen LogP contribution < -0.4 is 18.9 Å². The molecule has 0 saturated carbocycles. The second-order valence-corrected chi connectivity index (χ2v) is 6.82. The van der Waals surface area contributed by atoms with E-state index in [1.165, 1.54) is 12.2 Å². The summed E-state index contributed by atoms with van der Waals surface area (Å²) in [6.07, 6.45) is 9.50. The number of benzene rings is 2. The maximum Gasteiger partial charge on any atom is 0.231 e. The van der Waals surface area contributed by atoms with Crippen LogP contribution in [0.1, 0.15) is 11.1 Å². The molecule has 1 aliphatic carbocycles. The quantitative estimate of drug-likeness (QED) is 0.726. The maximum atomic E-state index is 12.5. The zero-order chi connectivity index (χ0) is 20.5. The highest BCUT2D eigenvalue weighted by Gasteiger charge is 2.18. The van der Waals surface area contributed by atoms with Crippen LogP contribution >= 0.6 is 0 Å². The van der Waals surface area contributed by atoms with Crippen molar-refractivity contribution in [3.8, 4) is 23.0 Å². The van der Waals surface area contributed by atoms with Crippen molar-refractivity contribution in [3.05, 3.63) is 83.0 Å². The minimum Gasteiger partial charge on any atom is -0.454 e. The first-order valence-electron chi connectivity index (χ1n) is 9.33. The van der Waals surface area contributed by atoms with Crippen LogP contribution in [0.2, 0.25) is 0 Å². The van der Waals surface area contributed by atoms with Gasteiger partial charge in [0.15, 0.2) is 34.6 Å². The molecule has 6 heteroatoms. The highest BCUT2D eigenvalue weighted by molar-refractivity contribution is 6.22. The minimum atomic E-state index is -0.225. The van der Waals surface area contributed by atoms with Crippen LogP contribution in [-0.2, 0) is 9.59 Å². The lowest BCUT2D eigenvalue weighted by atomic mass is 9.95. The van der Waals surface area contributed by atoms with Gasteiger partial charge in [-0.1, -0.05) is 36.4 Å². The third-order valence-corrected chi connectivity index (χ3v) is 4.85. The smallest absolute Gasteiger partial charge is 0.231 e. The largest absolute Gasteiger partial charge is 0.454 e. The molecule has 0 atom stereocenters. The van der Waals surface area contributed by atoms with Crippen molar-refractivity contribution in [1.82, 2.24) is 0 Å². The molecular formula is C24H16O6. The van der Waals surface area contributed by atoms with E-state index in [4.69, 9.17) is 18.9 Å². The number of ketones is 2. The van der Waals surface area contributed by atoms with Gasteiger partial charge in [-0.15, -0.1) is 0 Å². The van der Waals surface area contributed by atoms with E-state index >= 15 is 0 Å². The molecule has 0 fully saturated rings. The zero-order valence-corrected chi connectivity index (χ0v) is 15.8. The highest BCUT2D eigenvalue weighted by Crippen LogP contribution is 2.34. The van der Waals surface area contributed by atoms with Gasteiger partial charge in [0.25, 0.3) is 0 Å². The molecule has 0 aromatic heterocycles. The van der Waals surface area contributed by atoms with Crippen LogP contribution in [0.25, 0.3) is 12.2 Å². The van der Waals surface area contributed by atoms with Gasteiger partial charge in [0.1, 0.15) is 0 Å². The lowest BCUT2D eigenvalue weighted by molar-refractivity contribution is -0.114. The molecule has 0 amide bonds. The van der Waals surface area contributed by atoms with Crippen molar-refractivity contribution < 1.29 is 28.5 Å². The first-order valence-corrected chi connectivity index (χ1v) is 9.33. The molecule has 0 spiro atoms. The van der Waals surface area contributed by atoms with Crippen LogP contribution in [0.15, 0.2) is 71.8 Å². The average Bonchev–Trinajstić information content (AvgIpc) is 3.41. The lowest BCUT2D eigenvalue weighted by Crippen LogP contribution is -2.10. The summed E-state index contributed by atoms with van der Waals surface area (Å²) >= 11 is 0. The van der Waals surface area contributed by atoms with E-state index in [2.05, 4.69) is 0 Å². The van der Waals surface area contributed by atoms with Gasteiger partial charge >= 0.3 is 0 Å². The van der Waals surface area contributed by atoms with Crippen molar-refractivity contribution in [2.24, 2.45) is 0 Å².